The van der Waals surface area contributed by atoms with Gasteiger partial charge >= 0.3 is 0 Å². The van der Waals surface area contributed by atoms with Gasteiger partial charge in [0.25, 0.3) is 0 Å². The molecule has 1 aromatic rings. The molecule has 0 amide bonds. The molecule has 0 saturated heterocycles. The van der Waals surface area contributed by atoms with E-state index in [1.807, 2.05) is 35.2 Å². The van der Waals surface area contributed by atoms with Crippen molar-refractivity contribution in [3.05, 3.63) is 49.7 Å². The topological polar surface area (TPSA) is 20.3 Å². The summed E-state index contributed by atoms with van der Waals surface area (Å²) in [6.45, 7) is 9.70. The van der Waals surface area contributed by atoms with E-state index in [0.717, 1.165) is 12.1 Å². The maximum Gasteiger partial charge on any atom is 0.164 e. The minimum absolute atomic E-state index is 0. The van der Waals surface area contributed by atoms with Crippen LogP contribution in [0, 0.1) is 13.8 Å². The minimum atomic E-state index is 0. The van der Waals surface area contributed by atoms with Crippen LogP contribution in [0.2, 0.25) is 0 Å². The zero-order chi connectivity index (χ0) is 11.1. The van der Waals surface area contributed by atoms with E-state index < -0.39 is 0 Å². The van der Waals surface area contributed by atoms with Crippen molar-refractivity contribution in [2.75, 3.05) is 19.6 Å². The fourth-order valence-corrected chi connectivity index (χ4v) is 1.36. The fourth-order valence-electron chi connectivity index (χ4n) is 1.36. The Labute approximate surface area is 123 Å². The summed E-state index contributed by atoms with van der Waals surface area (Å²) in [6.07, 6.45) is 0.537. The summed E-state index contributed by atoms with van der Waals surface area (Å²) in [5.74, 6) is 0.183. The molecular weight excluding hydrogens is 275 g/mol. The summed E-state index contributed by atoms with van der Waals surface area (Å²) in [5, 5.41) is 0. The molecule has 0 spiro atoms. The van der Waals surface area contributed by atoms with Gasteiger partial charge in [-0.05, 0) is 6.54 Å². The Hall–Kier alpha value is -0.0461. The van der Waals surface area contributed by atoms with Crippen LogP contribution in [0.3, 0.4) is 0 Å². The molecule has 0 aliphatic rings. The van der Waals surface area contributed by atoms with Crippen molar-refractivity contribution in [2.24, 2.45) is 0 Å². The first kappa shape index (κ1) is 16.0. The van der Waals surface area contributed by atoms with Crippen molar-refractivity contribution < 1.29 is 37.5 Å². The molecule has 0 fully saturated rings. The first-order valence-electron chi connectivity index (χ1n) is 5.17. The SMILES string of the molecule is [CH2-]CN(C[CH2-])CCC(=O)c1ccccc1.[Y]. The molecule has 1 rings (SSSR count). The van der Waals surface area contributed by atoms with Crippen LogP contribution in [-0.4, -0.2) is 30.3 Å². The van der Waals surface area contributed by atoms with Crippen LogP contribution in [0.5, 0.6) is 0 Å². The Morgan fingerprint density at radius 1 is 1.12 bits per heavy atom. The van der Waals surface area contributed by atoms with Gasteiger partial charge in [-0.3, -0.25) is 4.79 Å². The predicted octanol–water partition coefficient (Wildman–Crippen LogP) is 2.23. The van der Waals surface area contributed by atoms with Gasteiger partial charge < -0.3 is 18.7 Å². The molecule has 85 valence electrons. The Kier molecular flexibility index (Phi) is 9.01. The van der Waals surface area contributed by atoms with E-state index in [9.17, 15) is 4.79 Å². The average Bonchev–Trinajstić information content (AvgIpc) is 2.31. The van der Waals surface area contributed by atoms with Crippen LogP contribution < -0.4 is 0 Å². The number of carbonyl (C=O) groups is 1. The zero-order valence-electron chi connectivity index (χ0n) is 9.56. The first-order chi connectivity index (χ1) is 7.27. The van der Waals surface area contributed by atoms with Gasteiger partial charge in [0, 0.05) is 44.7 Å². The molecule has 0 aromatic heterocycles. The van der Waals surface area contributed by atoms with Crippen molar-refractivity contribution in [1.29, 1.82) is 0 Å². The van der Waals surface area contributed by atoms with Crippen molar-refractivity contribution in [3.8, 4) is 0 Å². The Bertz CT molecular complexity index is 296. The van der Waals surface area contributed by atoms with Crippen LogP contribution in [0.4, 0.5) is 0 Å². The number of hydrogen-bond donors (Lipinski definition) is 0. The molecular formula is C13H17NOY-2. The molecule has 1 aromatic carbocycles. The molecule has 2 nitrogen and oxygen atoms in total. The van der Waals surface area contributed by atoms with E-state index in [1.54, 1.807) is 0 Å². The Morgan fingerprint density at radius 2 is 1.69 bits per heavy atom. The monoisotopic (exact) mass is 292 g/mol. The standard InChI is InChI=1S/C13H17NO.Y/c1-3-14(4-2)11-10-13(15)12-8-6-5-7-9-12;/h5-9H,1-4,10-11H2;/q-2;. The molecule has 0 unspecified atom stereocenters. The quantitative estimate of drug-likeness (QED) is 0.592. The third-order valence-corrected chi connectivity index (χ3v) is 2.38. The molecule has 0 aliphatic carbocycles. The molecule has 0 N–H and O–H groups in total. The van der Waals surface area contributed by atoms with Crippen molar-refractivity contribution in [2.45, 2.75) is 6.42 Å². The summed E-state index contributed by atoms with van der Waals surface area (Å²) in [5.41, 5.74) is 0.783. The molecule has 0 aliphatic heterocycles. The van der Waals surface area contributed by atoms with E-state index in [2.05, 4.69) is 13.8 Å². The Morgan fingerprint density at radius 3 is 2.19 bits per heavy atom. The van der Waals surface area contributed by atoms with Gasteiger partial charge in [0.15, 0.2) is 5.78 Å². The van der Waals surface area contributed by atoms with Crippen LogP contribution in [-0.2, 0) is 32.7 Å². The molecule has 0 saturated carbocycles. The second-order valence-electron chi connectivity index (χ2n) is 3.38. The predicted molar refractivity (Wildman–Crippen MR) is 62.5 cm³/mol. The van der Waals surface area contributed by atoms with Crippen LogP contribution in [0.1, 0.15) is 16.8 Å². The van der Waals surface area contributed by atoms with E-state index in [1.165, 1.54) is 0 Å². The summed E-state index contributed by atoms with van der Waals surface area (Å²) in [4.78, 5) is 13.8. The van der Waals surface area contributed by atoms with Gasteiger partial charge in [-0.1, -0.05) is 30.3 Å². The van der Waals surface area contributed by atoms with Gasteiger partial charge in [-0.25, -0.2) is 0 Å². The van der Waals surface area contributed by atoms with Crippen molar-refractivity contribution >= 4 is 5.78 Å². The van der Waals surface area contributed by atoms with E-state index >= 15 is 0 Å². The largest absolute Gasteiger partial charge is 0.362 e. The Balaban J connectivity index is 0.00000225. The van der Waals surface area contributed by atoms with Gasteiger partial charge in [0.05, 0.1) is 0 Å². The van der Waals surface area contributed by atoms with Gasteiger partial charge in [-0.2, -0.15) is 0 Å². The molecule has 0 atom stereocenters. The summed E-state index contributed by atoms with van der Waals surface area (Å²) >= 11 is 0. The number of carbonyl (C=O) groups excluding carboxylic acids is 1. The maximum absolute atomic E-state index is 11.7. The molecule has 16 heavy (non-hydrogen) atoms. The average molecular weight is 292 g/mol. The van der Waals surface area contributed by atoms with E-state index in [0.29, 0.717) is 19.5 Å². The number of hydrogen-bond acceptors (Lipinski definition) is 2. The number of Topliss-reactive ketones (excluding diaryl/α,β-unsaturated/α-hetero) is 1. The van der Waals surface area contributed by atoms with E-state index in [4.69, 9.17) is 0 Å². The fraction of sp³-hybridized carbons (Fsp3) is 0.308. The molecule has 0 heterocycles. The molecule has 0 bridgehead atoms. The number of nitrogens with zero attached hydrogens (tertiary/aromatic N) is 1. The van der Waals surface area contributed by atoms with Gasteiger partial charge in [-0.15, -0.1) is 13.1 Å². The summed E-state index contributed by atoms with van der Waals surface area (Å²) in [7, 11) is 0. The van der Waals surface area contributed by atoms with Gasteiger partial charge in [0.2, 0.25) is 0 Å². The van der Waals surface area contributed by atoms with Crippen molar-refractivity contribution in [1.82, 2.24) is 4.90 Å². The van der Waals surface area contributed by atoms with Crippen LogP contribution in [0.25, 0.3) is 0 Å². The number of benzene rings is 1. The molecule has 3 heteroatoms. The normalized spacial score (nSPS) is 9.94. The third kappa shape index (κ3) is 5.33. The summed E-state index contributed by atoms with van der Waals surface area (Å²) in [6, 6.07) is 9.37. The first-order valence-corrected chi connectivity index (χ1v) is 5.17. The zero-order valence-corrected chi connectivity index (χ0v) is 12.4. The van der Waals surface area contributed by atoms with Crippen LogP contribution >= 0.6 is 0 Å². The summed E-state index contributed by atoms with van der Waals surface area (Å²) < 4.78 is 0. The number of rotatable bonds is 6. The molecule has 1 radical (unpaired) electrons. The van der Waals surface area contributed by atoms with E-state index in [-0.39, 0.29) is 38.5 Å². The smallest absolute Gasteiger partial charge is 0.164 e. The maximum atomic E-state index is 11.7. The van der Waals surface area contributed by atoms with Crippen LogP contribution in [0.15, 0.2) is 30.3 Å². The van der Waals surface area contributed by atoms with Gasteiger partial charge in [0.1, 0.15) is 0 Å². The third-order valence-electron chi connectivity index (χ3n) is 2.38. The second-order valence-corrected chi connectivity index (χ2v) is 3.38. The second kappa shape index (κ2) is 9.03. The number of ketones is 1. The minimum Gasteiger partial charge on any atom is -0.362 e. The van der Waals surface area contributed by atoms with Crippen molar-refractivity contribution in [3.63, 3.8) is 0 Å².